The van der Waals surface area contributed by atoms with Gasteiger partial charge in [0.1, 0.15) is 6.61 Å². The fourth-order valence-corrected chi connectivity index (χ4v) is 2.63. The Hall–Kier alpha value is -3.02. The van der Waals surface area contributed by atoms with Crippen LogP contribution >= 0.6 is 0 Å². The normalized spacial score (nSPS) is 15.2. The lowest BCUT2D eigenvalue weighted by molar-refractivity contribution is -0.125. The molecule has 1 aliphatic heterocycles. The Morgan fingerprint density at radius 3 is 2.62 bits per heavy atom. The van der Waals surface area contributed by atoms with Gasteiger partial charge >= 0.3 is 0 Å². The molecule has 0 aliphatic carbocycles. The van der Waals surface area contributed by atoms with Crippen molar-refractivity contribution in [2.24, 2.45) is 0 Å². The second-order valence-electron chi connectivity index (χ2n) is 6.01. The number of carbonyl (C=O) groups is 2. The van der Waals surface area contributed by atoms with Gasteiger partial charge in [0.25, 0.3) is 11.8 Å². The first kappa shape index (κ1) is 17.8. The van der Waals surface area contributed by atoms with Crippen LogP contribution in [0.2, 0.25) is 0 Å². The van der Waals surface area contributed by atoms with Crippen molar-refractivity contribution < 1.29 is 19.1 Å². The van der Waals surface area contributed by atoms with Crippen molar-refractivity contribution in [2.75, 3.05) is 18.5 Å². The van der Waals surface area contributed by atoms with E-state index in [9.17, 15) is 9.59 Å². The highest BCUT2D eigenvalue weighted by Crippen LogP contribution is 2.31. The number of anilines is 1. The fraction of sp³-hybridized carbons (Fsp3) is 0.300. The maximum Gasteiger partial charge on any atom is 0.269 e. The number of amides is 2. The number of benzene rings is 2. The minimum atomic E-state index is -0.777. The second kappa shape index (κ2) is 8.38. The summed E-state index contributed by atoms with van der Waals surface area (Å²) in [6.07, 6.45) is 1.13. The molecule has 6 nitrogen and oxygen atoms in total. The molecule has 2 amide bonds. The highest BCUT2D eigenvalue weighted by molar-refractivity contribution is 6.04. The zero-order chi connectivity index (χ0) is 18.4. The van der Waals surface area contributed by atoms with E-state index in [2.05, 4.69) is 17.6 Å². The van der Waals surface area contributed by atoms with Gasteiger partial charge < -0.3 is 20.1 Å². The number of rotatable bonds is 6. The van der Waals surface area contributed by atoms with Crippen molar-refractivity contribution in [1.82, 2.24) is 5.32 Å². The lowest BCUT2D eigenvalue weighted by atomic mass is 10.1. The number of hydrogen-bond donors (Lipinski definition) is 2. The number of nitrogens with one attached hydrogen (secondary N) is 2. The molecule has 26 heavy (non-hydrogen) atoms. The standard InChI is InChI=1S/C20H22N2O4/c1-2-3-12-21-19(23)14-8-4-5-9-15(14)22-20(24)18-13-25-16-10-6-7-11-17(16)26-18/h4-11,18H,2-3,12-13H2,1H3,(H,21,23)(H,22,24)/t18-/m1/s1. The Bertz CT molecular complexity index is 791. The van der Waals surface area contributed by atoms with Crippen molar-refractivity contribution in [2.45, 2.75) is 25.9 Å². The van der Waals surface area contributed by atoms with Gasteiger partial charge in [-0.05, 0) is 30.7 Å². The molecule has 2 aromatic carbocycles. The first-order valence-electron chi connectivity index (χ1n) is 8.75. The van der Waals surface area contributed by atoms with Crippen LogP contribution in [0.4, 0.5) is 5.69 Å². The summed E-state index contributed by atoms with van der Waals surface area (Å²) in [5, 5.41) is 5.64. The minimum Gasteiger partial charge on any atom is -0.485 e. The molecule has 0 spiro atoms. The van der Waals surface area contributed by atoms with Gasteiger partial charge in [-0.25, -0.2) is 0 Å². The molecule has 136 valence electrons. The Kier molecular flexibility index (Phi) is 5.73. The zero-order valence-corrected chi connectivity index (χ0v) is 14.7. The quantitative estimate of drug-likeness (QED) is 0.782. The number of hydrogen-bond acceptors (Lipinski definition) is 4. The predicted octanol–water partition coefficient (Wildman–Crippen LogP) is 3.00. The molecule has 0 fully saturated rings. The van der Waals surface area contributed by atoms with Crippen LogP contribution in [0, 0.1) is 0 Å². The van der Waals surface area contributed by atoms with Crippen molar-refractivity contribution in [1.29, 1.82) is 0 Å². The Morgan fingerprint density at radius 1 is 1.08 bits per heavy atom. The van der Waals surface area contributed by atoms with E-state index in [0.29, 0.717) is 29.3 Å². The van der Waals surface area contributed by atoms with E-state index < -0.39 is 6.10 Å². The number of para-hydroxylation sites is 3. The number of ether oxygens (including phenoxy) is 2. The molecular weight excluding hydrogens is 332 g/mol. The smallest absolute Gasteiger partial charge is 0.269 e. The third kappa shape index (κ3) is 4.14. The van der Waals surface area contributed by atoms with Gasteiger partial charge in [-0.3, -0.25) is 9.59 Å². The van der Waals surface area contributed by atoms with Crippen LogP contribution < -0.4 is 20.1 Å². The second-order valence-corrected chi connectivity index (χ2v) is 6.01. The lowest BCUT2D eigenvalue weighted by Crippen LogP contribution is -2.40. The average Bonchev–Trinajstić information content (AvgIpc) is 2.68. The molecule has 3 rings (SSSR count). The van der Waals surface area contributed by atoms with Crippen LogP contribution in [-0.4, -0.2) is 31.1 Å². The summed E-state index contributed by atoms with van der Waals surface area (Å²) in [7, 11) is 0. The molecule has 0 unspecified atom stereocenters. The van der Waals surface area contributed by atoms with Crippen LogP contribution in [0.25, 0.3) is 0 Å². The third-order valence-corrected chi connectivity index (χ3v) is 4.05. The van der Waals surface area contributed by atoms with Crippen molar-refractivity contribution in [3.63, 3.8) is 0 Å². The highest BCUT2D eigenvalue weighted by atomic mass is 16.6. The van der Waals surface area contributed by atoms with Gasteiger partial charge in [-0.2, -0.15) is 0 Å². The predicted molar refractivity (Wildman–Crippen MR) is 98.7 cm³/mol. The Morgan fingerprint density at radius 2 is 1.81 bits per heavy atom. The van der Waals surface area contributed by atoms with Gasteiger partial charge in [0.05, 0.1) is 11.3 Å². The van der Waals surface area contributed by atoms with Crippen molar-refractivity contribution >= 4 is 17.5 Å². The molecule has 2 aromatic rings. The molecular formula is C20H22N2O4. The first-order chi connectivity index (χ1) is 12.7. The van der Waals surface area contributed by atoms with Gasteiger partial charge in [-0.15, -0.1) is 0 Å². The number of unbranched alkanes of at least 4 members (excludes halogenated alkanes) is 1. The van der Waals surface area contributed by atoms with Crippen LogP contribution in [-0.2, 0) is 4.79 Å². The van der Waals surface area contributed by atoms with Crippen LogP contribution in [0.1, 0.15) is 30.1 Å². The topological polar surface area (TPSA) is 76.7 Å². The van der Waals surface area contributed by atoms with E-state index in [1.165, 1.54) is 0 Å². The molecule has 0 saturated heterocycles. The molecule has 1 atom stereocenters. The molecule has 2 N–H and O–H groups in total. The number of fused-ring (bicyclic) bond motifs is 1. The monoisotopic (exact) mass is 354 g/mol. The highest BCUT2D eigenvalue weighted by Gasteiger charge is 2.28. The first-order valence-corrected chi connectivity index (χ1v) is 8.75. The van der Waals surface area contributed by atoms with Crippen LogP contribution in [0.3, 0.4) is 0 Å². The fourth-order valence-electron chi connectivity index (χ4n) is 2.63. The summed E-state index contributed by atoms with van der Waals surface area (Å²) in [4.78, 5) is 24.9. The molecule has 0 aromatic heterocycles. The summed E-state index contributed by atoms with van der Waals surface area (Å²) >= 11 is 0. The SMILES string of the molecule is CCCCNC(=O)c1ccccc1NC(=O)[C@H]1COc2ccccc2O1. The van der Waals surface area contributed by atoms with Gasteiger partial charge in [0.15, 0.2) is 11.5 Å². The third-order valence-electron chi connectivity index (χ3n) is 4.05. The molecule has 0 saturated carbocycles. The van der Waals surface area contributed by atoms with E-state index >= 15 is 0 Å². The van der Waals surface area contributed by atoms with E-state index in [-0.39, 0.29) is 18.4 Å². The number of carbonyl (C=O) groups excluding carboxylic acids is 2. The average molecular weight is 354 g/mol. The molecule has 1 aliphatic rings. The molecule has 0 radical (unpaired) electrons. The summed E-state index contributed by atoms with van der Waals surface area (Å²) in [6.45, 7) is 2.78. The van der Waals surface area contributed by atoms with Crippen molar-refractivity contribution in [3.8, 4) is 11.5 Å². The molecule has 1 heterocycles. The summed E-state index contributed by atoms with van der Waals surface area (Å²) in [5.74, 6) is 0.588. The Balaban J connectivity index is 1.67. The van der Waals surface area contributed by atoms with Gasteiger partial charge in [0.2, 0.25) is 6.10 Å². The zero-order valence-electron chi connectivity index (χ0n) is 14.7. The largest absolute Gasteiger partial charge is 0.485 e. The summed E-state index contributed by atoms with van der Waals surface area (Å²) in [6, 6.07) is 14.1. The van der Waals surface area contributed by atoms with Crippen LogP contribution in [0.5, 0.6) is 11.5 Å². The molecule has 6 heteroatoms. The maximum atomic E-state index is 12.6. The lowest BCUT2D eigenvalue weighted by Gasteiger charge is -2.25. The minimum absolute atomic E-state index is 0.119. The maximum absolute atomic E-state index is 12.6. The van der Waals surface area contributed by atoms with Gasteiger partial charge in [0, 0.05) is 6.54 Å². The summed E-state index contributed by atoms with van der Waals surface area (Å²) < 4.78 is 11.3. The summed E-state index contributed by atoms with van der Waals surface area (Å²) in [5.41, 5.74) is 0.878. The van der Waals surface area contributed by atoms with E-state index in [1.807, 2.05) is 12.1 Å². The van der Waals surface area contributed by atoms with E-state index in [0.717, 1.165) is 12.8 Å². The van der Waals surface area contributed by atoms with Gasteiger partial charge in [-0.1, -0.05) is 37.6 Å². The van der Waals surface area contributed by atoms with E-state index in [4.69, 9.17) is 9.47 Å². The van der Waals surface area contributed by atoms with Crippen molar-refractivity contribution in [3.05, 3.63) is 54.1 Å². The molecule has 0 bridgehead atoms. The van der Waals surface area contributed by atoms with Crippen LogP contribution in [0.15, 0.2) is 48.5 Å². The van der Waals surface area contributed by atoms with E-state index in [1.54, 1.807) is 36.4 Å². The Labute approximate surface area is 152 Å².